The van der Waals surface area contributed by atoms with E-state index in [2.05, 4.69) is 120 Å². The van der Waals surface area contributed by atoms with Crippen LogP contribution in [0.4, 0.5) is 0 Å². The Bertz CT molecular complexity index is 2800. The molecule has 3 aromatic heterocycles. The van der Waals surface area contributed by atoms with E-state index in [-0.39, 0.29) is 0 Å². The molecule has 5 nitrogen and oxygen atoms in total. The fourth-order valence-electron chi connectivity index (χ4n) is 7.04. The molecule has 0 N–H and O–H groups in total. The standard InChI is InChI=1S/C43H26N4O/c1-2-13-28(14-3-1)41-44-42(30-25-24-27-12-4-5-15-29(27)26-30)46-43(45-41)34-19-10-18-33-39-37(22-11-23-38(39)48-40(33)34)47-35-20-8-6-16-31(35)32-17-7-9-21-36(32)47/h1-26H. The number of hydrogen-bond acceptors (Lipinski definition) is 4. The van der Waals surface area contributed by atoms with E-state index >= 15 is 0 Å². The molecule has 3 heterocycles. The van der Waals surface area contributed by atoms with Crippen LogP contribution in [0, 0.1) is 0 Å². The maximum atomic E-state index is 6.74. The molecule has 7 aromatic carbocycles. The summed E-state index contributed by atoms with van der Waals surface area (Å²) in [4.78, 5) is 15.1. The van der Waals surface area contributed by atoms with Gasteiger partial charge in [-0.05, 0) is 47.2 Å². The van der Waals surface area contributed by atoms with Gasteiger partial charge in [-0.25, -0.2) is 15.0 Å². The van der Waals surface area contributed by atoms with E-state index in [0.29, 0.717) is 17.5 Å². The molecule has 0 aliphatic heterocycles. The molecular formula is C43H26N4O. The van der Waals surface area contributed by atoms with E-state index < -0.39 is 0 Å². The number of furan rings is 1. The van der Waals surface area contributed by atoms with Crippen LogP contribution in [0.3, 0.4) is 0 Å². The lowest BCUT2D eigenvalue weighted by Crippen LogP contribution is -2.00. The molecule has 0 saturated heterocycles. The topological polar surface area (TPSA) is 56.7 Å². The maximum Gasteiger partial charge on any atom is 0.167 e. The van der Waals surface area contributed by atoms with Crippen molar-refractivity contribution in [2.24, 2.45) is 0 Å². The molecular weight excluding hydrogens is 589 g/mol. The number of hydrogen-bond donors (Lipinski definition) is 0. The summed E-state index contributed by atoms with van der Waals surface area (Å²) in [5, 5.41) is 6.80. The van der Waals surface area contributed by atoms with Crippen molar-refractivity contribution in [3.8, 4) is 39.9 Å². The van der Waals surface area contributed by atoms with Crippen LogP contribution in [-0.2, 0) is 0 Å². The Kier molecular flexibility index (Phi) is 5.81. The Morgan fingerprint density at radius 3 is 1.85 bits per heavy atom. The highest BCUT2D eigenvalue weighted by Gasteiger charge is 2.21. The lowest BCUT2D eigenvalue weighted by Gasteiger charge is -2.10. The number of rotatable bonds is 4. The third-order valence-electron chi connectivity index (χ3n) is 9.24. The van der Waals surface area contributed by atoms with Gasteiger partial charge in [0.2, 0.25) is 0 Å². The minimum atomic E-state index is 0.565. The van der Waals surface area contributed by atoms with E-state index in [0.717, 1.165) is 60.7 Å². The third kappa shape index (κ3) is 4.08. The predicted octanol–water partition coefficient (Wildman–Crippen LogP) is 11.0. The monoisotopic (exact) mass is 614 g/mol. The SMILES string of the molecule is c1ccc(-c2nc(-c3ccc4ccccc4c3)nc(-c3cccc4c3oc3cccc(-n5c6ccccc6c6ccccc65)c34)n2)cc1. The van der Waals surface area contributed by atoms with Crippen LogP contribution < -0.4 is 0 Å². The number of aromatic nitrogens is 4. The van der Waals surface area contributed by atoms with Crippen LogP contribution >= 0.6 is 0 Å². The van der Waals surface area contributed by atoms with Crippen LogP contribution in [0.5, 0.6) is 0 Å². The van der Waals surface area contributed by atoms with Gasteiger partial charge in [-0.15, -0.1) is 0 Å². The molecule has 5 heteroatoms. The fourth-order valence-corrected chi connectivity index (χ4v) is 7.04. The van der Waals surface area contributed by atoms with E-state index in [1.807, 2.05) is 42.5 Å². The molecule has 0 amide bonds. The summed E-state index contributed by atoms with van der Waals surface area (Å²) < 4.78 is 9.09. The van der Waals surface area contributed by atoms with E-state index in [9.17, 15) is 0 Å². The molecule has 0 fully saturated rings. The quantitative estimate of drug-likeness (QED) is 0.198. The van der Waals surface area contributed by atoms with E-state index in [1.165, 1.54) is 16.2 Å². The fraction of sp³-hybridized carbons (Fsp3) is 0. The normalized spacial score (nSPS) is 11.8. The minimum Gasteiger partial charge on any atom is -0.455 e. The summed E-state index contributed by atoms with van der Waals surface area (Å²) in [7, 11) is 0. The molecule has 10 aromatic rings. The summed E-state index contributed by atoms with van der Waals surface area (Å²) in [6, 6.07) is 54.4. The number of nitrogens with zero attached hydrogens (tertiary/aromatic N) is 4. The molecule has 224 valence electrons. The molecule has 0 unspecified atom stereocenters. The summed E-state index contributed by atoms with van der Waals surface area (Å²) >= 11 is 0. The van der Waals surface area contributed by atoms with Crippen LogP contribution in [0.1, 0.15) is 0 Å². The lowest BCUT2D eigenvalue weighted by atomic mass is 10.1. The maximum absolute atomic E-state index is 6.74. The molecule has 0 radical (unpaired) electrons. The van der Waals surface area contributed by atoms with Gasteiger partial charge < -0.3 is 8.98 Å². The van der Waals surface area contributed by atoms with E-state index in [4.69, 9.17) is 19.4 Å². The van der Waals surface area contributed by atoms with Gasteiger partial charge >= 0.3 is 0 Å². The molecule has 10 rings (SSSR count). The summed E-state index contributed by atoms with van der Waals surface area (Å²) in [5.74, 6) is 1.79. The predicted molar refractivity (Wildman–Crippen MR) is 195 cm³/mol. The molecule has 0 saturated carbocycles. The molecule has 48 heavy (non-hydrogen) atoms. The van der Waals surface area contributed by atoms with Gasteiger partial charge in [-0.1, -0.05) is 121 Å². The van der Waals surface area contributed by atoms with Crippen LogP contribution in [-0.4, -0.2) is 19.5 Å². The van der Waals surface area contributed by atoms with Crippen LogP contribution in [0.2, 0.25) is 0 Å². The Morgan fingerprint density at radius 1 is 0.438 bits per heavy atom. The van der Waals surface area contributed by atoms with Crippen molar-refractivity contribution in [1.29, 1.82) is 0 Å². The zero-order valence-electron chi connectivity index (χ0n) is 25.7. The average molecular weight is 615 g/mol. The first-order valence-electron chi connectivity index (χ1n) is 16.0. The van der Waals surface area contributed by atoms with E-state index in [1.54, 1.807) is 0 Å². The number of fused-ring (bicyclic) bond motifs is 7. The summed E-state index contributed by atoms with van der Waals surface area (Å²) in [6.07, 6.45) is 0. The Hall–Kier alpha value is -6.59. The molecule has 0 spiro atoms. The molecule has 0 aliphatic carbocycles. The van der Waals surface area contributed by atoms with Crippen molar-refractivity contribution in [1.82, 2.24) is 19.5 Å². The highest BCUT2D eigenvalue weighted by molar-refractivity contribution is 6.16. The second-order valence-electron chi connectivity index (χ2n) is 12.0. The van der Waals surface area contributed by atoms with Gasteiger partial charge in [-0.2, -0.15) is 0 Å². The van der Waals surface area contributed by atoms with Gasteiger partial charge in [-0.3, -0.25) is 0 Å². The van der Waals surface area contributed by atoms with Gasteiger partial charge in [0.1, 0.15) is 11.2 Å². The Morgan fingerprint density at radius 2 is 1.06 bits per heavy atom. The smallest absolute Gasteiger partial charge is 0.167 e. The zero-order chi connectivity index (χ0) is 31.6. The average Bonchev–Trinajstić information content (AvgIpc) is 3.71. The number of benzene rings is 7. The summed E-state index contributed by atoms with van der Waals surface area (Å²) in [6.45, 7) is 0. The van der Waals surface area contributed by atoms with Crippen molar-refractivity contribution in [3.63, 3.8) is 0 Å². The van der Waals surface area contributed by atoms with Gasteiger partial charge in [0.05, 0.1) is 27.7 Å². The lowest BCUT2D eigenvalue weighted by molar-refractivity contribution is 0.669. The third-order valence-corrected chi connectivity index (χ3v) is 9.24. The van der Waals surface area contributed by atoms with Crippen molar-refractivity contribution in [2.75, 3.05) is 0 Å². The zero-order valence-corrected chi connectivity index (χ0v) is 25.7. The Balaban J connectivity index is 1.23. The van der Waals surface area contributed by atoms with Crippen molar-refractivity contribution >= 4 is 54.5 Å². The van der Waals surface area contributed by atoms with Gasteiger partial charge in [0, 0.05) is 27.3 Å². The molecule has 0 bridgehead atoms. The van der Waals surface area contributed by atoms with Crippen LogP contribution in [0.25, 0.3) is 94.4 Å². The van der Waals surface area contributed by atoms with Gasteiger partial charge in [0.15, 0.2) is 17.5 Å². The summed E-state index contributed by atoms with van der Waals surface area (Å²) in [5.41, 5.74) is 7.60. The van der Waals surface area contributed by atoms with Crippen LogP contribution in [0.15, 0.2) is 162 Å². The first kappa shape index (κ1) is 26.6. The second kappa shape index (κ2) is 10.5. The van der Waals surface area contributed by atoms with Crippen molar-refractivity contribution in [3.05, 3.63) is 158 Å². The second-order valence-corrected chi connectivity index (χ2v) is 12.0. The first-order chi connectivity index (χ1) is 23.8. The first-order valence-corrected chi connectivity index (χ1v) is 16.0. The number of para-hydroxylation sites is 3. The van der Waals surface area contributed by atoms with Crippen molar-refractivity contribution in [2.45, 2.75) is 0 Å². The van der Waals surface area contributed by atoms with Crippen molar-refractivity contribution < 1.29 is 4.42 Å². The largest absolute Gasteiger partial charge is 0.455 e. The highest BCUT2D eigenvalue weighted by atomic mass is 16.3. The van der Waals surface area contributed by atoms with Gasteiger partial charge in [0.25, 0.3) is 0 Å². The Labute approximate surface area is 275 Å². The highest BCUT2D eigenvalue weighted by Crippen LogP contribution is 2.41. The molecule has 0 aliphatic rings. The molecule has 0 atom stereocenters. The minimum absolute atomic E-state index is 0.565.